The van der Waals surface area contributed by atoms with Crippen molar-refractivity contribution in [2.24, 2.45) is 5.92 Å². The van der Waals surface area contributed by atoms with E-state index in [2.05, 4.69) is 0 Å². The summed E-state index contributed by atoms with van der Waals surface area (Å²) in [6, 6.07) is 5.13. The maximum atomic E-state index is 12.0. The number of ether oxygens (including phenoxy) is 1. The lowest BCUT2D eigenvalue weighted by Gasteiger charge is -2.30. The third-order valence-corrected chi connectivity index (χ3v) is 3.93. The Balaban J connectivity index is 2.04. The molecule has 90 valence electrons. The Morgan fingerprint density at radius 2 is 1.88 bits per heavy atom. The van der Waals surface area contributed by atoms with Crippen LogP contribution < -0.4 is 4.74 Å². The summed E-state index contributed by atoms with van der Waals surface area (Å²) in [5.41, 5.74) is 1.09. The van der Waals surface area contributed by atoms with Gasteiger partial charge in [0.15, 0.2) is 0 Å². The Morgan fingerprint density at radius 3 is 2.71 bits per heavy atom. The Hall–Kier alpha value is -1.51. The fraction of sp³-hybridized carbons (Fsp3) is 0.500. The second-order valence-corrected chi connectivity index (χ2v) is 4.99. The van der Waals surface area contributed by atoms with Gasteiger partial charge in [-0.25, -0.2) is 0 Å². The van der Waals surface area contributed by atoms with Crippen molar-refractivity contribution in [2.75, 3.05) is 0 Å². The Bertz CT molecular complexity index is 453. The standard InChI is InChI=1S/C14H16O3/c15-9-6-7-11-10-4-2-1-3-5-12(10)14(16)17-13(11)8-9/h6-8,10,12,15H,1-5H2/t10-,12-/m0/s1. The molecular weight excluding hydrogens is 216 g/mol. The zero-order valence-corrected chi connectivity index (χ0v) is 9.69. The fourth-order valence-electron chi connectivity index (χ4n) is 3.06. The van der Waals surface area contributed by atoms with Gasteiger partial charge in [0.2, 0.25) is 0 Å². The van der Waals surface area contributed by atoms with Crippen LogP contribution >= 0.6 is 0 Å². The molecule has 0 aromatic heterocycles. The molecule has 0 bridgehead atoms. The normalized spacial score (nSPS) is 27.6. The van der Waals surface area contributed by atoms with E-state index < -0.39 is 0 Å². The van der Waals surface area contributed by atoms with E-state index >= 15 is 0 Å². The summed E-state index contributed by atoms with van der Waals surface area (Å²) in [6.45, 7) is 0. The van der Waals surface area contributed by atoms with Gasteiger partial charge in [0.25, 0.3) is 0 Å². The lowest BCUT2D eigenvalue weighted by molar-refractivity contribution is -0.141. The van der Waals surface area contributed by atoms with Crippen molar-refractivity contribution < 1.29 is 14.6 Å². The van der Waals surface area contributed by atoms with Gasteiger partial charge < -0.3 is 9.84 Å². The lowest BCUT2D eigenvalue weighted by Crippen LogP contribution is -2.31. The highest BCUT2D eigenvalue weighted by molar-refractivity contribution is 5.79. The van der Waals surface area contributed by atoms with Gasteiger partial charge in [0.05, 0.1) is 5.92 Å². The smallest absolute Gasteiger partial charge is 0.314 e. The van der Waals surface area contributed by atoms with E-state index in [9.17, 15) is 9.90 Å². The first kappa shape index (κ1) is 10.6. The van der Waals surface area contributed by atoms with Gasteiger partial charge in [0.1, 0.15) is 11.5 Å². The van der Waals surface area contributed by atoms with Crippen molar-refractivity contribution in [3.63, 3.8) is 0 Å². The molecule has 3 heteroatoms. The van der Waals surface area contributed by atoms with Crippen LogP contribution in [0.2, 0.25) is 0 Å². The van der Waals surface area contributed by atoms with Crippen LogP contribution in [0.15, 0.2) is 18.2 Å². The first-order valence-corrected chi connectivity index (χ1v) is 6.30. The number of hydrogen-bond donors (Lipinski definition) is 1. The molecule has 0 unspecified atom stereocenters. The molecule has 1 N–H and O–H groups in total. The Kier molecular flexibility index (Phi) is 2.54. The van der Waals surface area contributed by atoms with Crippen LogP contribution in [0.1, 0.15) is 43.6 Å². The molecule has 1 aliphatic carbocycles. The van der Waals surface area contributed by atoms with Crippen LogP contribution in [0.5, 0.6) is 11.5 Å². The van der Waals surface area contributed by atoms with Gasteiger partial charge in [-0.2, -0.15) is 0 Å². The average molecular weight is 232 g/mol. The minimum absolute atomic E-state index is 0.0227. The van der Waals surface area contributed by atoms with Crippen molar-refractivity contribution in [1.82, 2.24) is 0 Å². The molecule has 0 spiro atoms. The highest BCUT2D eigenvalue weighted by Gasteiger charge is 2.38. The molecule has 1 fully saturated rings. The van der Waals surface area contributed by atoms with Crippen molar-refractivity contribution >= 4 is 5.97 Å². The zero-order chi connectivity index (χ0) is 11.8. The van der Waals surface area contributed by atoms with E-state index in [1.54, 1.807) is 12.1 Å². The van der Waals surface area contributed by atoms with Crippen LogP contribution in [0.25, 0.3) is 0 Å². The summed E-state index contributed by atoms with van der Waals surface area (Å²) in [5, 5.41) is 9.43. The number of aromatic hydroxyl groups is 1. The fourth-order valence-corrected chi connectivity index (χ4v) is 3.06. The van der Waals surface area contributed by atoms with Crippen molar-refractivity contribution in [3.05, 3.63) is 23.8 Å². The Morgan fingerprint density at radius 1 is 1.12 bits per heavy atom. The highest BCUT2D eigenvalue weighted by Crippen LogP contribution is 2.45. The van der Waals surface area contributed by atoms with Crippen LogP contribution in [0, 0.1) is 5.92 Å². The number of phenolic OH excluding ortho intramolecular Hbond substituents is 1. The number of rotatable bonds is 0. The number of hydrogen-bond acceptors (Lipinski definition) is 3. The molecule has 0 amide bonds. The molecule has 1 saturated carbocycles. The number of carbonyl (C=O) groups excluding carboxylic acids is 1. The summed E-state index contributed by atoms with van der Waals surface area (Å²) in [4.78, 5) is 12.0. The third kappa shape index (κ3) is 1.79. The second kappa shape index (κ2) is 4.06. The van der Waals surface area contributed by atoms with E-state index in [1.165, 1.54) is 12.8 Å². The SMILES string of the molecule is O=C1Oc2cc(O)ccc2[C@@H]2CCCCC[C@H]12. The number of carbonyl (C=O) groups is 1. The second-order valence-electron chi connectivity index (χ2n) is 4.99. The van der Waals surface area contributed by atoms with Crippen molar-refractivity contribution in [1.29, 1.82) is 0 Å². The maximum absolute atomic E-state index is 12.0. The van der Waals surface area contributed by atoms with E-state index in [0.717, 1.165) is 24.8 Å². The van der Waals surface area contributed by atoms with Gasteiger partial charge in [0, 0.05) is 12.0 Å². The molecule has 0 radical (unpaired) electrons. The molecule has 2 aliphatic rings. The van der Waals surface area contributed by atoms with Gasteiger partial charge in [-0.3, -0.25) is 4.79 Å². The molecule has 2 atom stereocenters. The lowest BCUT2D eigenvalue weighted by atomic mass is 9.80. The predicted octanol–water partition coefficient (Wildman–Crippen LogP) is 2.98. The summed E-state index contributed by atoms with van der Waals surface area (Å²) in [7, 11) is 0. The van der Waals surface area contributed by atoms with Crippen LogP contribution in [0.3, 0.4) is 0 Å². The van der Waals surface area contributed by atoms with Gasteiger partial charge >= 0.3 is 5.97 Å². The minimum Gasteiger partial charge on any atom is -0.508 e. The monoisotopic (exact) mass is 232 g/mol. The van der Waals surface area contributed by atoms with E-state index in [4.69, 9.17) is 4.74 Å². The van der Waals surface area contributed by atoms with E-state index in [0.29, 0.717) is 5.75 Å². The average Bonchev–Trinajstić information content (AvgIpc) is 2.54. The van der Waals surface area contributed by atoms with Gasteiger partial charge in [-0.15, -0.1) is 0 Å². The molecule has 1 aromatic carbocycles. The summed E-state index contributed by atoms with van der Waals surface area (Å²) >= 11 is 0. The highest BCUT2D eigenvalue weighted by atomic mass is 16.5. The molecule has 1 heterocycles. The molecule has 3 rings (SSSR count). The van der Waals surface area contributed by atoms with Gasteiger partial charge in [-0.1, -0.05) is 25.3 Å². The van der Waals surface area contributed by atoms with E-state index in [1.807, 2.05) is 6.07 Å². The number of benzene rings is 1. The zero-order valence-electron chi connectivity index (χ0n) is 9.69. The topological polar surface area (TPSA) is 46.5 Å². The molecular formula is C14H16O3. The van der Waals surface area contributed by atoms with E-state index in [-0.39, 0.29) is 23.6 Å². The molecule has 17 heavy (non-hydrogen) atoms. The third-order valence-electron chi connectivity index (χ3n) is 3.93. The number of esters is 1. The first-order valence-electron chi connectivity index (χ1n) is 6.30. The molecule has 3 nitrogen and oxygen atoms in total. The molecule has 0 saturated heterocycles. The Labute approximate surface area is 100 Å². The maximum Gasteiger partial charge on any atom is 0.314 e. The summed E-state index contributed by atoms with van der Waals surface area (Å²) in [6.07, 6.45) is 5.48. The van der Waals surface area contributed by atoms with Crippen LogP contribution in [-0.4, -0.2) is 11.1 Å². The van der Waals surface area contributed by atoms with Gasteiger partial charge in [-0.05, 0) is 24.5 Å². The van der Waals surface area contributed by atoms with Crippen LogP contribution in [0.4, 0.5) is 0 Å². The van der Waals surface area contributed by atoms with Crippen molar-refractivity contribution in [2.45, 2.75) is 38.0 Å². The van der Waals surface area contributed by atoms with Crippen LogP contribution in [-0.2, 0) is 4.79 Å². The summed E-state index contributed by atoms with van der Waals surface area (Å²) < 4.78 is 5.34. The largest absolute Gasteiger partial charge is 0.508 e. The quantitative estimate of drug-likeness (QED) is 0.552. The number of phenols is 1. The molecule has 1 aliphatic heterocycles. The first-order chi connectivity index (χ1) is 8.25. The summed E-state index contributed by atoms with van der Waals surface area (Å²) in [5.74, 6) is 0.903. The predicted molar refractivity (Wildman–Crippen MR) is 63.1 cm³/mol. The minimum atomic E-state index is -0.116. The number of fused-ring (bicyclic) bond motifs is 3. The molecule has 1 aromatic rings. The van der Waals surface area contributed by atoms with Crippen molar-refractivity contribution in [3.8, 4) is 11.5 Å².